The zero-order chi connectivity index (χ0) is 10.2. The number of rotatable bonds is 5. The highest BCUT2D eigenvalue weighted by Crippen LogP contribution is 2.10. The molecular weight excluding hydrogens is 221 g/mol. The molecule has 1 saturated heterocycles. The van der Waals surface area contributed by atoms with Crippen LogP contribution in [0.15, 0.2) is 10.6 Å². The normalized spacial score (nSPS) is 23.9. The summed E-state index contributed by atoms with van der Waals surface area (Å²) < 4.78 is 5.36. The predicted octanol–water partition coefficient (Wildman–Crippen LogP) is 2.85. The molecule has 1 aliphatic rings. The maximum absolute atomic E-state index is 5.68. The SMILES string of the molecule is ClC=C(Cl)COCCC1CCCCN1. The number of halogens is 2. The van der Waals surface area contributed by atoms with E-state index < -0.39 is 0 Å². The van der Waals surface area contributed by atoms with Crippen LogP contribution in [0.4, 0.5) is 0 Å². The average Bonchev–Trinajstić information content (AvgIpc) is 2.25. The summed E-state index contributed by atoms with van der Waals surface area (Å²) in [6, 6.07) is 0.627. The van der Waals surface area contributed by atoms with Crippen molar-refractivity contribution in [2.45, 2.75) is 31.7 Å². The zero-order valence-electron chi connectivity index (χ0n) is 8.27. The second kappa shape index (κ2) is 7.52. The third-order valence-corrected chi connectivity index (χ3v) is 2.97. The molecule has 0 aromatic heterocycles. The van der Waals surface area contributed by atoms with Gasteiger partial charge in [0.05, 0.1) is 11.6 Å². The third kappa shape index (κ3) is 5.20. The van der Waals surface area contributed by atoms with E-state index in [0.717, 1.165) is 19.6 Å². The standard InChI is InChI=1S/C10H17Cl2NO/c11-7-9(12)8-14-6-4-10-3-1-2-5-13-10/h7,10,13H,1-6,8H2. The fraction of sp³-hybridized carbons (Fsp3) is 0.800. The van der Waals surface area contributed by atoms with Crippen molar-refractivity contribution in [3.05, 3.63) is 10.6 Å². The molecule has 1 atom stereocenters. The van der Waals surface area contributed by atoms with E-state index in [0.29, 0.717) is 17.7 Å². The van der Waals surface area contributed by atoms with E-state index in [1.807, 2.05) is 0 Å². The Morgan fingerprint density at radius 3 is 3.00 bits per heavy atom. The van der Waals surface area contributed by atoms with Gasteiger partial charge in [0.2, 0.25) is 0 Å². The van der Waals surface area contributed by atoms with Gasteiger partial charge in [-0.3, -0.25) is 0 Å². The van der Waals surface area contributed by atoms with Gasteiger partial charge in [0.1, 0.15) is 0 Å². The molecule has 1 rings (SSSR count). The summed E-state index contributed by atoms with van der Waals surface area (Å²) >= 11 is 11.1. The monoisotopic (exact) mass is 237 g/mol. The van der Waals surface area contributed by atoms with E-state index in [1.165, 1.54) is 24.8 Å². The minimum absolute atomic E-state index is 0.428. The summed E-state index contributed by atoms with van der Waals surface area (Å²) in [5.74, 6) is 0. The minimum atomic E-state index is 0.428. The smallest absolute Gasteiger partial charge is 0.0831 e. The van der Waals surface area contributed by atoms with Crippen molar-refractivity contribution in [3.8, 4) is 0 Å². The Labute approximate surface area is 95.6 Å². The summed E-state index contributed by atoms with van der Waals surface area (Å²) in [7, 11) is 0. The Bertz CT molecular complexity index is 179. The van der Waals surface area contributed by atoms with E-state index in [-0.39, 0.29) is 0 Å². The Balaban J connectivity index is 1.97. The number of hydrogen-bond donors (Lipinski definition) is 1. The summed E-state index contributed by atoms with van der Waals surface area (Å²) in [6.45, 7) is 2.32. The molecule has 82 valence electrons. The molecule has 1 unspecified atom stereocenters. The van der Waals surface area contributed by atoms with Crippen LogP contribution in [0.5, 0.6) is 0 Å². The summed E-state index contributed by atoms with van der Waals surface area (Å²) in [5, 5.41) is 4.03. The van der Waals surface area contributed by atoms with E-state index in [1.54, 1.807) is 0 Å². The van der Waals surface area contributed by atoms with Gasteiger partial charge in [-0.05, 0) is 25.8 Å². The van der Waals surface area contributed by atoms with Crippen molar-refractivity contribution >= 4 is 23.2 Å². The van der Waals surface area contributed by atoms with Gasteiger partial charge >= 0.3 is 0 Å². The molecule has 4 heteroatoms. The lowest BCUT2D eigenvalue weighted by Gasteiger charge is -2.23. The fourth-order valence-corrected chi connectivity index (χ4v) is 1.74. The average molecular weight is 238 g/mol. The second-order valence-electron chi connectivity index (χ2n) is 3.54. The van der Waals surface area contributed by atoms with E-state index in [9.17, 15) is 0 Å². The first-order chi connectivity index (χ1) is 6.83. The van der Waals surface area contributed by atoms with Gasteiger partial charge < -0.3 is 10.1 Å². The lowest BCUT2D eigenvalue weighted by Crippen LogP contribution is -2.34. The Hall–Kier alpha value is 0.240. The van der Waals surface area contributed by atoms with Crippen LogP contribution in [0.3, 0.4) is 0 Å². The maximum atomic E-state index is 5.68. The van der Waals surface area contributed by atoms with E-state index >= 15 is 0 Å². The molecule has 1 fully saturated rings. The second-order valence-corrected chi connectivity index (χ2v) is 4.25. The predicted molar refractivity (Wildman–Crippen MR) is 60.9 cm³/mol. The molecule has 14 heavy (non-hydrogen) atoms. The first kappa shape index (κ1) is 12.3. The molecule has 0 aromatic carbocycles. The van der Waals surface area contributed by atoms with Gasteiger partial charge in [-0.2, -0.15) is 0 Å². The Kier molecular flexibility index (Phi) is 6.61. The number of nitrogens with one attached hydrogen (secondary N) is 1. The van der Waals surface area contributed by atoms with Crippen LogP contribution in [-0.2, 0) is 4.74 Å². The highest BCUT2D eigenvalue weighted by molar-refractivity contribution is 6.36. The molecule has 0 spiro atoms. The first-order valence-corrected chi connectivity index (χ1v) is 5.90. The molecule has 0 bridgehead atoms. The van der Waals surface area contributed by atoms with Crippen LogP contribution in [-0.4, -0.2) is 25.8 Å². The summed E-state index contributed by atoms with van der Waals surface area (Å²) in [5.41, 5.74) is 1.35. The molecule has 0 saturated carbocycles. The van der Waals surface area contributed by atoms with Crippen molar-refractivity contribution in [3.63, 3.8) is 0 Å². The topological polar surface area (TPSA) is 21.3 Å². The Morgan fingerprint density at radius 2 is 2.36 bits per heavy atom. The number of hydrogen-bond acceptors (Lipinski definition) is 2. The van der Waals surface area contributed by atoms with Crippen LogP contribution >= 0.6 is 23.2 Å². The molecule has 1 aliphatic heterocycles. The lowest BCUT2D eigenvalue weighted by atomic mass is 10.0. The van der Waals surface area contributed by atoms with Crippen molar-refractivity contribution < 1.29 is 4.74 Å². The van der Waals surface area contributed by atoms with Crippen LogP contribution in [0.1, 0.15) is 25.7 Å². The summed E-state index contributed by atoms with van der Waals surface area (Å²) in [4.78, 5) is 0. The number of piperidine rings is 1. The van der Waals surface area contributed by atoms with Gasteiger partial charge in [0.25, 0.3) is 0 Å². The van der Waals surface area contributed by atoms with Gasteiger partial charge in [0.15, 0.2) is 0 Å². The van der Waals surface area contributed by atoms with Crippen LogP contribution < -0.4 is 5.32 Å². The van der Waals surface area contributed by atoms with Gasteiger partial charge in [0, 0.05) is 18.2 Å². The van der Waals surface area contributed by atoms with Crippen LogP contribution in [0.25, 0.3) is 0 Å². The van der Waals surface area contributed by atoms with Gasteiger partial charge in [-0.15, -0.1) is 0 Å². The minimum Gasteiger partial charge on any atom is -0.376 e. The number of ether oxygens (including phenoxy) is 1. The first-order valence-electron chi connectivity index (χ1n) is 5.09. The fourth-order valence-electron chi connectivity index (χ4n) is 1.60. The molecule has 0 amide bonds. The quantitative estimate of drug-likeness (QED) is 0.743. The molecule has 1 N–H and O–H groups in total. The van der Waals surface area contributed by atoms with Crippen molar-refractivity contribution in [2.24, 2.45) is 0 Å². The molecule has 0 aromatic rings. The van der Waals surface area contributed by atoms with E-state index in [2.05, 4.69) is 5.32 Å². The maximum Gasteiger partial charge on any atom is 0.0831 e. The molecule has 0 aliphatic carbocycles. The highest BCUT2D eigenvalue weighted by Gasteiger charge is 2.11. The third-order valence-electron chi connectivity index (χ3n) is 2.38. The lowest BCUT2D eigenvalue weighted by molar-refractivity contribution is 0.144. The molecule has 0 radical (unpaired) electrons. The van der Waals surface area contributed by atoms with Crippen molar-refractivity contribution in [2.75, 3.05) is 19.8 Å². The van der Waals surface area contributed by atoms with Crippen molar-refractivity contribution in [1.82, 2.24) is 5.32 Å². The summed E-state index contributed by atoms with van der Waals surface area (Å²) in [6.07, 6.45) is 4.97. The molecule has 1 heterocycles. The van der Waals surface area contributed by atoms with E-state index in [4.69, 9.17) is 27.9 Å². The largest absolute Gasteiger partial charge is 0.376 e. The Morgan fingerprint density at radius 1 is 1.50 bits per heavy atom. The molecule has 2 nitrogen and oxygen atoms in total. The van der Waals surface area contributed by atoms with Gasteiger partial charge in [-0.25, -0.2) is 0 Å². The zero-order valence-corrected chi connectivity index (χ0v) is 9.78. The van der Waals surface area contributed by atoms with Crippen LogP contribution in [0, 0.1) is 0 Å². The highest BCUT2D eigenvalue weighted by atomic mass is 35.5. The van der Waals surface area contributed by atoms with Crippen molar-refractivity contribution in [1.29, 1.82) is 0 Å². The van der Waals surface area contributed by atoms with Gasteiger partial charge in [-0.1, -0.05) is 29.6 Å². The van der Waals surface area contributed by atoms with Crippen LogP contribution in [0.2, 0.25) is 0 Å². The molecular formula is C10H17Cl2NO.